The Morgan fingerprint density at radius 1 is 1.29 bits per heavy atom. The summed E-state index contributed by atoms with van der Waals surface area (Å²) >= 11 is 0. The molecule has 2 heteroatoms. The minimum atomic E-state index is 0.536. The average molecular weight is 234 g/mol. The zero-order chi connectivity index (χ0) is 12.7. The van der Waals surface area contributed by atoms with Crippen LogP contribution < -0.4 is 10.2 Å². The number of benzene rings is 1. The Labute approximate surface area is 106 Å². The summed E-state index contributed by atoms with van der Waals surface area (Å²) in [6.07, 6.45) is 1.20. The van der Waals surface area contributed by atoms with Gasteiger partial charge in [0.05, 0.1) is 0 Å². The second kappa shape index (κ2) is 7.33. The normalized spacial score (nSPS) is 12.5. The van der Waals surface area contributed by atoms with Crippen LogP contribution in [-0.4, -0.2) is 25.7 Å². The summed E-state index contributed by atoms with van der Waals surface area (Å²) in [4.78, 5) is 2.45. The van der Waals surface area contributed by atoms with Crippen LogP contribution in [0, 0.1) is 6.92 Å². The van der Waals surface area contributed by atoms with Gasteiger partial charge < -0.3 is 10.2 Å². The number of nitrogens with zero attached hydrogens (tertiary/aromatic N) is 1. The van der Waals surface area contributed by atoms with E-state index >= 15 is 0 Å². The van der Waals surface area contributed by atoms with Crippen molar-refractivity contribution in [3.8, 4) is 0 Å². The van der Waals surface area contributed by atoms with Crippen LogP contribution in [0.5, 0.6) is 0 Å². The molecule has 1 atom stereocenters. The summed E-state index contributed by atoms with van der Waals surface area (Å²) in [7, 11) is 0. The summed E-state index contributed by atoms with van der Waals surface area (Å²) < 4.78 is 0. The van der Waals surface area contributed by atoms with Gasteiger partial charge in [-0.25, -0.2) is 0 Å². The lowest BCUT2D eigenvalue weighted by Gasteiger charge is -2.30. The van der Waals surface area contributed by atoms with Crippen molar-refractivity contribution in [3.63, 3.8) is 0 Å². The first-order valence-electron chi connectivity index (χ1n) is 6.73. The van der Waals surface area contributed by atoms with Crippen molar-refractivity contribution in [1.29, 1.82) is 0 Å². The van der Waals surface area contributed by atoms with Crippen molar-refractivity contribution in [2.75, 3.05) is 24.5 Å². The van der Waals surface area contributed by atoms with Gasteiger partial charge in [-0.3, -0.25) is 0 Å². The zero-order valence-electron chi connectivity index (χ0n) is 11.7. The van der Waals surface area contributed by atoms with Gasteiger partial charge in [0.2, 0.25) is 0 Å². The van der Waals surface area contributed by atoms with E-state index in [9.17, 15) is 0 Å². The molecule has 0 saturated heterocycles. The number of aryl methyl sites for hydroxylation is 1. The van der Waals surface area contributed by atoms with E-state index in [1.807, 2.05) is 0 Å². The number of hydrogen-bond donors (Lipinski definition) is 1. The first-order valence-corrected chi connectivity index (χ1v) is 6.73. The van der Waals surface area contributed by atoms with Crippen molar-refractivity contribution >= 4 is 5.69 Å². The van der Waals surface area contributed by atoms with E-state index in [0.717, 1.165) is 19.6 Å². The molecular weight excluding hydrogens is 208 g/mol. The summed E-state index contributed by atoms with van der Waals surface area (Å²) in [5, 5.41) is 3.49. The maximum atomic E-state index is 3.49. The van der Waals surface area contributed by atoms with Crippen LogP contribution in [0.15, 0.2) is 24.3 Å². The number of nitrogens with one attached hydrogen (secondary N) is 1. The number of anilines is 1. The molecule has 96 valence electrons. The van der Waals surface area contributed by atoms with Crippen LogP contribution in [0.4, 0.5) is 5.69 Å². The van der Waals surface area contributed by atoms with Crippen molar-refractivity contribution in [3.05, 3.63) is 29.8 Å². The predicted octanol–water partition coefficient (Wildman–Crippen LogP) is 3.21. The Morgan fingerprint density at radius 3 is 2.65 bits per heavy atom. The predicted molar refractivity (Wildman–Crippen MR) is 76.8 cm³/mol. The van der Waals surface area contributed by atoms with Crippen molar-refractivity contribution in [2.24, 2.45) is 0 Å². The largest absolute Gasteiger partial charge is 0.368 e. The molecule has 17 heavy (non-hydrogen) atoms. The SMILES string of the molecule is CCCNCC(C)N(CC)c1cccc(C)c1. The molecule has 1 aromatic rings. The first kappa shape index (κ1) is 14.0. The zero-order valence-corrected chi connectivity index (χ0v) is 11.7. The highest BCUT2D eigenvalue weighted by Crippen LogP contribution is 2.17. The highest BCUT2D eigenvalue weighted by atomic mass is 15.2. The monoisotopic (exact) mass is 234 g/mol. The molecule has 0 aliphatic carbocycles. The molecule has 2 nitrogen and oxygen atoms in total. The van der Waals surface area contributed by atoms with Crippen LogP contribution in [0.3, 0.4) is 0 Å². The Kier molecular flexibility index (Phi) is 6.06. The van der Waals surface area contributed by atoms with E-state index in [0.29, 0.717) is 6.04 Å². The minimum Gasteiger partial charge on any atom is -0.368 e. The second-order valence-electron chi connectivity index (χ2n) is 4.68. The van der Waals surface area contributed by atoms with Crippen LogP contribution in [0.1, 0.15) is 32.8 Å². The number of rotatable bonds is 7. The van der Waals surface area contributed by atoms with Crippen molar-refractivity contribution < 1.29 is 0 Å². The van der Waals surface area contributed by atoms with Gasteiger partial charge in [-0.05, 0) is 51.4 Å². The third-order valence-electron chi connectivity index (χ3n) is 3.07. The number of hydrogen-bond acceptors (Lipinski definition) is 2. The van der Waals surface area contributed by atoms with Gasteiger partial charge in [-0.1, -0.05) is 19.1 Å². The molecule has 1 N–H and O–H groups in total. The molecular formula is C15H26N2. The molecule has 1 unspecified atom stereocenters. The molecule has 1 rings (SSSR count). The van der Waals surface area contributed by atoms with Crippen molar-refractivity contribution in [1.82, 2.24) is 5.32 Å². The third kappa shape index (κ3) is 4.39. The smallest absolute Gasteiger partial charge is 0.0386 e. The maximum Gasteiger partial charge on any atom is 0.0386 e. The summed E-state index contributed by atoms with van der Waals surface area (Å²) in [5.41, 5.74) is 2.66. The molecule has 0 heterocycles. The molecule has 0 fully saturated rings. The van der Waals surface area contributed by atoms with E-state index in [1.54, 1.807) is 0 Å². The molecule has 0 aromatic heterocycles. The van der Waals surface area contributed by atoms with E-state index in [2.05, 4.69) is 62.2 Å². The quantitative estimate of drug-likeness (QED) is 0.729. The highest BCUT2D eigenvalue weighted by molar-refractivity contribution is 5.49. The van der Waals surface area contributed by atoms with Gasteiger partial charge in [-0.15, -0.1) is 0 Å². The number of likely N-dealkylation sites (N-methyl/N-ethyl adjacent to an activating group) is 1. The Morgan fingerprint density at radius 2 is 2.06 bits per heavy atom. The highest BCUT2D eigenvalue weighted by Gasteiger charge is 2.11. The fourth-order valence-electron chi connectivity index (χ4n) is 2.15. The minimum absolute atomic E-state index is 0.536. The molecule has 0 spiro atoms. The third-order valence-corrected chi connectivity index (χ3v) is 3.07. The molecule has 0 bridgehead atoms. The molecule has 0 aliphatic heterocycles. The van der Waals surface area contributed by atoms with Crippen molar-refractivity contribution in [2.45, 2.75) is 40.2 Å². The Bertz CT molecular complexity index is 322. The fraction of sp³-hybridized carbons (Fsp3) is 0.600. The maximum absolute atomic E-state index is 3.49. The Balaban J connectivity index is 2.63. The first-order chi connectivity index (χ1) is 8.19. The van der Waals surface area contributed by atoms with Gasteiger partial charge in [0.15, 0.2) is 0 Å². The second-order valence-corrected chi connectivity index (χ2v) is 4.68. The van der Waals surface area contributed by atoms with E-state index in [-0.39, 0.29) is 0 Å². The van der Waals surface area contributed by atoms with E-state index < -0.39 is 0 Å². The molecule has 0 amide bonds. The van der Waals surface area contributed by atoms with Gasteiger partial charge in [0.1, 0.15) is 0 Å². The molecule has 0 aliphatic rings. The van der Waals surface area contributed by atoms with E-state index in [4.69, 9.17) is 0 Å². The Hall–Kier alpha value is -1.02. The summed E-state index contributed by atoms with van der Waals surface area (Å²) in [6, 6.07) is 9.29. The lowest BCUT2D eigenvalue weighted by atomic mass is 10.1. The molecule has 0 radical (unpaired) electrons. The lowest BCUT2D eigenvalue weighted by Crippen LogP contribution is -2.40. The summed E-state index contributed by atoms with van der Waals surface area (Å²) in [5.74, 6) is 0. The molecule has 0 saturated carbocycles. The van der Waals surface area contributed by atoms with Gasteiger partial charge in [0.25, 0.3) is 0 Å². The van der Waals surface area contributed by atoms with Crippen LogP contribution >= 0.6 is 0 Å². The van der Waals surface area contributed by atoms with Gasteiger partial charge in [0, 0.05) is 24.8 Å². The standard InChI is InChI=1S/C15H26N2/c1-5-10-16-12-14(4)17(6-2)15-9-7-8-13(3)11-15/h7-9,11,14,16H,5-6,10,12H2,1-4H3. The van der Waals surface area contributed by atoms with Gasteiger partial charge >= 0.3 is 0 Å². The van der Waals surface area contributed by atoms with Crippen LogP contribution in [0.25, 0.3) is 0 Å². The van der Waals surface area contributed by atoms with E-state index in [1.165, 1.54) is 17.7 Å². The summed E-state index contributed by atoms with van der Waals surface area (Å²) in [6.45, 7) is 12.1. The average Bonchev–Trinajstić information content (AvgIpc) is 2.30. The fourth-order valence-corrected chi connectivity index (χ4v) is 2.15. The topological polar surface area (TPSA) is 15.3 Å². The molecule has 1 aromatic carbocycles. The van der Waals surface area contributed by atoms with Crippen LogP contribution in [-0.2, 0) is 0 Å². The van der Waals surface area contributed by atoms with Gasteiger partial charge in [-0.2, -0.15) is 0 Å². The lowest BCUT2D eigenvalue weighted by molar-refractivity contribution is 0.565. The van der Waals surface area contributed by atoms with Crippen LogP contribution in [0.2, 0.25) is 0 Å².